The minimum absolute atomic E-state index is 0.245. The molecule has 92 valence electrons. The maximum atomic E-state index is 3.68. The summed E-state index contributed by atoms with van der Waals surface area (Å²) >= 11 is 0. The van der Waals surface area contributed by atoms with Crippen molar-refractivity contribution in [2.75, 3.05) is 18.4 Å². The van der Waals surface area contributed by atoms with Gasteiger partial charge in [0.15, 0.2) is 0 Å². The molecule has 2 unspecified atom stereocenters. The van der Waals surface area contributed by atoms with E-state index in [9.17, 15) is 0 Å². The van der Waals surface area contributed by atoms with Crippen LogP contribution in [0.1, 0.15) is 44.2 Å². The lowest BCUT2D eigenvalue weighted by Gasteiger charge is -2.27. The van der Waals surface area contributed by atoms with Gasteiger partial charge in [0.2, 0.25) is 0 Å². The number of nitrogens with one attached hydrogen (secondary N) is 2. The van der Waals surface area contributed by atoms with E-state index in [-0.39, 0.29) is 5.41 Å². The molecule has 2 aliphatic rings. The molecule has 0 saturated carbocycles. The zero-order valence-electron chi connectivity index (χ0n) is 11.0. The SMILES string of the molecule is CC(C)(C)c1ccc2c(c1)C1CNCCC1N2. The zero-order chi connectivity index (χ0) is 12.0. The first-order valence-corrected chi connectivity index (χ1v) is 6.67. The Hall–Kier alpha value is -1.02. The lowest BCUT2D eigenvalue weighted by Crippen LogP contribution is -2.38. The summed E-state index contributed by atoms with van der Waals surface area (Å²) in [6.45, 7) is 9.13. The summed E-state index contributed by atoms with van der Waals surface area (Å²) in [6, 6.07) is 7.62. The van der Waals surface area contributed by atoms with Crippen molar-refractivity contribution in [1.82, 2.24) is 5.32 Å². The molecule has 1 aromatic rings. The number of fused-ring (bicyclic) bond motifs is 3. The summed E-state index contributed by atoms with van der Waals surface area (Å²) in [7, 11) is 0. The van der Waals surface area contributed by atoms with Gasteiger partial charge >= 0.3 is 0 Å². The predicted molar refractivity (Wildman–Crippen MR) is 72.8 cm³/mol. The quantitative estimate of drug-likeness (QED) is 0.716. The van der Waals surface area contributed by atoms with E-state index in [2.05, 4.69) is 49.6 Å². The highest BCUT2D eigenvalue weighted by molar-refractivity contribution is 5.61. The minimum atomic E-state index is 0.245. The molecule has 2 heteroatoms. The van der Waals surface area contributed by atoms with E-state index in [0.717, 1.165) is 13.1 Å². The first-order chi connectivity index (χ1) is 8.05. The molecule has 0 bridgehead atoms. The Bertz CT molecular complexity index is 431. The molecule has 0 amide bonds. The number of hydrogen-bond donors (Lipinski definition) is 2. The summed E-state index contributed by atoms with van der Waals surface area (Å²) in [4.78, 5) is 0. The summed E-state index contributed by atoms with van der Waals surface area (Å²) in [5.41, 5.74) is 4.57. The average Bonchev–Trinajstić information content (AvgIpc) is 2.65. The normalized spacial score (nSPS) is 27.2. The average molecular weight is 230 g/mol. The Morgan fingerprint density at radius 3 is 2.82 bits per heavy atom. The summed E-state index contributed by atoms with van der Waals surface area (Å²) in [5, 5.41) is 7.19. The Kier molecular flexibility index (Phi) is 2.44. The van der Waals surface area contributed by atoms with Gasteiger partial charge in [-0.25, -0.2) is 0 Å². The summed E-state index contributed by atoms with van der Waals surface area (Å²) in [5.74, 6) is 0.668. The molecule has 2 aliphatic heterocycles. The van der Waals surface area contributed by atoms with E-state index in [1.54, 1.807) is 0 Å². The molecular weight excluding hydrogens is 208 g/mol. The molecule has 0 spiro atoms. The summed E-state index contributed by atoms with van der Waals surface area (Å²) < 4.78 is 0. The van der Waals surface area contributed by atoms with Crippen LogP contribution in [0.2, 0.25) is 0 Å². The van der Waals surface area contributed by atoms with E-state index in [1.807, 2.05) is 0 Å². The Labute approximate surface area is 104 Å². The van der Waals surface area contributed by atoms with Gasteiger partial charge in [-0.15, -0.1) is 0 Å². The minimum Gasteiger partial charge on any atom is -0.381 e. The molecular formula is C15H22N2. The third-order valence-electron chi connectivity index (χ3n) is 4.14. The highest BCUT2D eigenvalue weighted by atomic mass is 15.0. The maximum Gasteiger partial charge on any atom is 0.0379 e. The molecule has 1 saturated heterocycles. The van der Waals surface area contributed by atoms with Gasteiger partial charge in [0.1, 0.15) is 0 Å². The van der Waals surface area contributed by atoms with Crippen LogP contribution in [-0.4, -0.2) is 19.1 Å². The zero-order valence-corrected chi connectivity index (χ0v) is 11.0. The van der Waals surface area contributed by atoms with Crippen molar-refractivity contribution in [3.8, 4) is 0 Å². The molecule has 0 aromatic heterocycles. The number of piperidine rings is 1. The van der Waals surface area contributed by atoms with E-state index in [1.165, 1.54) is 23.2 Å². The smallest absolute Gasteiger partial charge is 0.0379 e. The van der Waals surface area contributed by atoms with Crippen molar-refractivity contribution < 1.29 is 0 Å². The maximum absolute atomic E-state index is 3.68. The summed E-state index contributed by atoms with van der Waals surface area (Å²) in [6.07, 6.45) is 1.24. The van der Waals surface area contributed by atoms with Crippen LogP contribution in [-0.2, 0) is 5.41 Å². The second kappa shape index (κ2) is 3.74. The third kappa shape index (κ3) is 1.85. The molecule has 2 N–H and O–H groups in total. The molecule has 2 nitrogen and oxygen atoms in total. The van der Waals surface area contributed by atoms with Crippen LogP contribution >= 0.6 is 0 Å². The highest BCUT2D eigenvalue weighted by Crippen LogP contribution is 2.40. The first-order valence-electron chi connectivity index (χ1n) is 6.67. The number of anilines is 1. The van der Waals surface area contributed by atoms with Crippen molar-refractivity contribution in [2.24, 2.45) is 0 Å². The molecule has 1 fully saturated rings. The van der Waals surface area contributed by atoms with Crippen molar-refractivity contribution in [2.45, 2.75) is 44.6 Å². The lowest BCUT2D eigenvalue weighted by atomic mass is 9.83. The van der Waals surface area contributed by atoms with Crippen molar-refractivity contribution in [3.05, 3.63) is 29.3 Å². The van der Waals surface area contributed by atoms with Gasteiger partial charge in [0, 0.05) is 24.2 Å². The van der Waals surface area contributed by atoms with Crippen molar-refractivity contribution in [3.63, 3.8) is 0 Å². The van der Waals surface area contributed by atoms with Gasteiger partial charge in [-0.3, -0.25) is 0 Å². The van der Waals surface area contributed by atoms with Crippen LogP contribution in [0.25, 0.3) is 0 Å². The van der Waals surface area contributed by atoms with Crippen molar-refractivity contribution >= 4 is 5.69 Å². The molecule has 0 radical (unpaired) electrons. The number of rotatable bonds is 0. The molecule has 2 heterocycles. The lowest BCUT2D eigenvalue weighted by molar-refractivity contribution is 0.439. The fraction of sp³-hybridized carbons (Fsp3) is 0.600. The largest absolute Gasteiger partial charge is 0.381 e. The van der Waals surface area contributed by atoms with Gasteiger partial charge in [0.25, 0.3) is 0 Å². The van der Waals surface area contributed by atoms with Crippen LogP contribution < -0.4 is 10.6 Å². The van der Waals surface area contributed by atoms with Gasteiger partial charge in [-0.2, -0.15) is 0 Å². The first kappa shape index (κ1) is 11.1. The van der Waals surface area contributed by atoms with Crippen LogP contribution in [0.3, 0.4) is 0 Å². The fourth-order valence-corrected chi connectivity index (χ4v) is 3.03. The second-order valence-corrected chi connectivity index (χ2v) is 6.40. The molecule has 0 aliphatic carbocycles. The van der Waals surface area contributed by atoms with Crippen LogP contribution in [0, 0.1) is 0 Å². The number of hydrogen-bond acceptors (Lipinski definition) is 2. The van der Waals surface area contributed by atoms with Gasteiger partial charge in [-0.1, -0.05) is 32.9 Å². The van der Waals surface area contributed by atoms with Gasteiger partial charge in [-0.05, 0) is 35.6 Å². The van der Waals surface area contributed by atoms with E-state index >= 15 is 0 Å². The Morgan fingerprint density at radius 1 is 1.24 bits per heavy atom. The van der Waals surface area contributed by atoms with Crippen LogP contribution in [0.5, 0.6) is 0 Å². The van der Waals surface area contributed by atoms with Crippen LogP contribution in [0.15, 0.2) is 18.2 Å². The highest BCUT2D eigenvalue weighted by Gasteiger charge is 2.34. The Morgan fingerprint density at radius 2 is 2.06 bits per heavy atom. The molecule has 1 aromatic carbocycles. The van der Waals surface area contributed by atoms with Gasteiger partial charge < -0.3 is 10.6 Å². The fourth-order valence-electron chi connectivity index (χ4n) is 3.03. The standard InChI is InChI=1S/C15H22N2/c1-15(2,3)10-4-5-13-11(8-10)12-9-16-7-6-14(12)17-13/h4-5,8,12,14,16-17H,6-7,9H2,1-3H3. The van der Waals surface area contributed by atoms with Gasteiger partial charge in [0.05, 0.1) is 0 Å². The topological polar surface area (TPSA) is 24.1 Å². The predicted octanol–water partition coefficient (Wildman–Crippen LogP) is 2.86. The second-order valence-electron chi connectivity index (χ2n) is 6.40. The third-order valence-corrected chi connectivity index (χ3v) is 4.14. The van der Waals surface area contributed by atoms with E-state index in [0.29, 0.717) is 12.0 Å². The Balaban J connectivity index is 1.99. The molecule has 2 atom stereocenters. The van der Waals surface area contributed by atoms with Crippen molar-refractivity contribution in [1.29, 1.82) is 0 Å². The monoisotopic (exact) mass is 230 g/mol. The molecule has 3 rings (SSSR count). The van der Waals surface area contributed by atoms with E-state index in [4.69, 9.17) is 0 Å². The van der Waals surface area contributed by atoms with Crippen LogP contribution in [0.4, 0.5) is 5.69 Å². The van der Waals surface area contributed by atoms with E-state index < -0.39 is 0 Å². The molecule has 17 heavy (non-hydrogen) atoms. The number of benzene rings is 1.